The summed E-state index contributed by atoms with van der Waals surface area (Å²) in [5.41, 5.74) is 3.89. The first-order chi connectivity index (χ1) is 23.9. The molecule has 51 heavy (non-hydrogen) atoms. The lowest BCUT2D eigenvalue weighted by atomic mass is 10.0. The van der Waals surface area contributed by atoms with Gasteiger partial charge in [0.05, 0.1) is 36.3 Å². The van der Waals surface area contributed by atoms with Crippen LogP contribution in [0, 0.1) is 0 Å². The summed E-state index contributed by atoms with van der Waals surface area (Å²) in [5.74, 6) is -5.53. The minimum Gasteiger partial charge on any atom is -0.504 e. The summed E-state index contributed by atoms with van der Waals surface area (Å²) in [6, 6.07) is 0.940. The van der Waals surface area contributed by atoms with Gasteiger partial charge in [0.2, 0.25) is 5.60 Å². The smallest absolute Gasteiger partial charge is 0.352 e. The van der Waals surface area contributed by atoms with Crippen LogP contribution in [0.2, 0.25) is 5.02 Å². The summed E-state index contributed by atoms with van der Waals surface area (Å²) in [7, 11) is 0. The molecule has 3 atom stereocenters. The topological polar surface area (TPSA) is 254 Å². The summed E-state index contributed by atoms with van der Waals surface area (Å²) < 4.78 is 0.457. The number of quaternary nitrogens is 1. The average Bonchev–Trinajstić information content (AvgIpc) is 3.70. The minimum absolute atomic E-state index is 0.00104. The van der Waals surface area contributed by atoms with Gasteiger partial charge in [0.1, 0.15) is 29.4 Å². The molecule has 2 fully saturated rings. The van der Waals surface area contributed by atoms with Crippen molar-refractivity contribution in [3.8, 4) is 11.5 Å². The van der Waals surface area contributed by atoms with Crippen LogP contribution in [-0.4, -0.2) is 125 Å². The number of aromatic hydroxyl groups is 2. The van der Waals surface area contributed by atoms with E-state index < -0.39 is 69.9 Å². The lowest BCUT2D eigenvalue weighted by Gasteiger charge is -2.50. The van der Waals surface area contributed by atoms with Crippen molar-refractivity contribution in [2.75, 3.05) is 37.7 Å². The number of benzene rings is 1. The molecule has 2 saturated heterocycles. The number of rotatable bonds is 13. The molecule has 274 valence electrons. The van der Waals surface area contributed by atoms with E-state index in [1.165, 1.54) is 37.1 Å². The number of fused-ring (bicyclic) bond motifs is 1. The normalized spacial score (nSPS) is 20.7. The fourth-order valence-electron chi connectivity index (χ4n) is 6.29. The Balaban J connectivity index is 1.32. The number of nitrogens with two attached hydrogens (primary N) is 1. The predicted octanol–water partition coefficient (Wildman–Crippen LogP) is 1.54. The molecule has 17 nitrogen and oxygen atoms in total. The maximum absolute atomic E-state index is 13.5. The van der Waals surface area contributed by atoms with Crippen molar-refractivity contribution in [1.82, 2.24) is 20.5 Å². The lowest BCUT2D eigenvalue weighted by Crippen LogP contribution is -2.71. The molecule has 4 heterocycles. The first kappa shape index (κ1) is 37.7. The number of thioether (sulfide) groups is 1. The molecule has 0 spiro atoms. The molecular weight excluding hydrogens is 730 g/mol. The van der Waals surface area contributed by atoms with Gasteiger partial charge in [0.15, 0.2) is 22.3 Å². The largest absolute Gasteiger partial charge is 0.504 e. The highest BCUT2D eigenvalue weighted by atomic mass is 35.5. The van der Waals surface area contributed by atoms with Crippen LogP contribution in [0.4, 0.5) is 5.13 Å². The Labute approximate surface area is 304 Å². The molecule has 20 heteroatoms. The number of nitrogens with one attached hydrogen (secondary N) is 2. The molecule has 0 bridgehead atoms. The number of nitrogens with zero attached hydrogens (tertiary/aromatic N) is 4. The van der Waals surface area contributed by atoms with Gasteiger partial charge < -0.3 is 46.1 Å². The van der Waals surface area contributed by atoms with E-state index in [1.54, 1.807) is 6.92 Å². The number of anilines is 1. The van der Waals surface area contributed by atoms with Gasteiger partial charge in [-0.25, -0.2) is 14.6 Å². The zero-order valence-corrected chi connectivity index (χ0v) is 30.1. The molecule has 1 aromatic heterocycles. The molecule has 2 aromatic rings. The van der Waals surface area contributed by atoms with E-state index >= 15 is 0 Å². The summed E-state index contributed by atoms with van der Waals surface area (Å²) in [6.07, 6.45) is 1.75. The Morgan fingerprint density at radius 2 is 1.90 bits per heavy atom. The number of carboxylic acids is 2. The number of amides is 3. The third-order valence-corrected chi connectivity index (χ3v) is 11.2. The Kier molecular flexibility index (Phi) is 10.8. The number of phenolic OH excluding ortho intramolecular Hbond substituents is 2. The summed E-state index contributed by atoms with van der Waals surface area (Å²) in [6.45, 7) is 6.44. The van der Waals surface area contributed by atoms with Gasteiger partial charge in [-0.05, 0) is 32.9 Å². The van der Waals surface area contributed by atoms with Crippen LogP contribution >= 0.6 is 34.7 Å². The summed E-state index contributed by atoms with van der Waals surface area (Å²) >= 11 is 8.38. The van der Waals surface area contributed by atoms with Gasteiger partial charge in [-0.2, -0.15) is 0 Å². The van der Waals surface area contributed by atoms with Crippen LogP contribution in [0.1, 0.15) is 49.7 Å². The first-order valence-corrected chi connectivity index (χ1v) is 18.0. The molecule has 0 radical (unpaired) electrons. The number of carboxylic acid groups (broad SMARTS) is 2. The van der Waals surface area contributed by atoms with E-state index in [2.05, 4.69) is 20.8 Å². The van der Waals surface area contributed by atoms with Crippen molar-refractivity contribution in [2.45, 2.75) is 56.7 Å². The molecule has 0 unspecified atom stereocenters. The standard InChI is InChI=1S/C31H36ClN7O10S2/c1-14(34-24(42)16-6-7-18(40)23(41)19(16)32)10-39(8-4-5-9-39)11-15-12-50-27-21(26(44)38(27)22(15)28(45)46)36-25(43)20(17-13-51-30(33)35-17)37-49-31(2,3)29(47)48/h6-7,13-14,21,27H,4-5,8-12H2,1-3H3,(H7-,33,34,35,36,37,40,41,42,43,45,46,47,48)/p+1/t14-,21+,27+/m0/s1. The number of aromatic nitrogens is 1. The van der Waals surface area contributed by atoms with E-state index in [4.69, 9.17) is 22.2 Å². The van der Waals surface area contributed by atoms with Gasteiger partial charge in [0, 0.05) is 29.5 Å². The van der Waals surface area contributed by atoms with E-state index in [0.29, 0.717) is 36.2 Å². The summed E-state index contributed by atoms with van der Waals surface area (Å²) in [5, 5.41) is 49.1. The monoisotopic (exact) mass is 766 g/mol. The molecule has 5 rings (SSSR count). The molecular formula is C31H37ClN7O10S2+. The highest BCUT2D eigenvalue weighted by Gasteiger charge is 2.55. The van der Waals surface area contributed by atoms with E-state index in [1.807, 2.05) is 0 Å². The van der Waals surface area contributed by atoms with Gasteiger partial charge in [-0.3, -0.25) is 19.3 Å². The molecule has 0 aliphatic carbocycles. The zero-order chi connectivity index (χ0) is 37.4. The van der Waals surface area contributed by atoms with Gasteiger partial charge in [-0.1, -0.05) is 16.8 Å². The van der Waals surface area contributed by atoms with Gasteiger partial charge in [-0.15, -0.1) is 23.1 Å². The number of thiazole rings is 1. The molecule has 3 aliphatic rings. The number of hydrogen-bond acceptors (Lipinski definition) is 13. The van der Waals surface area contributed by atoms with E-state index in [-0.39, 0.29) is 32.9 Å². The molecule has 3 amide bonds. The second kappa shape index (κ2) is 14.6. The van der Waals surface area contributed by atoms with E-state index in [0.717, 1.165) is 35.1 Å². The fraction of sp³-hybridized carbons (Fsp3) is 0.452. The van der Waals surface area contributed by atoms with Crippen molar-refractivity contribution in [2.24, 2.45) is 5.16 Å². The van der Waals surface area contributed by atoms with Crippen LogP contribution < -0.4 is 16.4 Å². The van der Waals surface area contributed by atoms with Crippen LogP contribution in [0.15, 0.2) is 33.9 Å². The molecule has 1 aromatic carbocycles. The van der Waals surface area contributed by atoms with Crippen LogP contribution in [0.25, 0.3) is 0 Å². The second-order valence-corrected chi connectivity index (χ2v) is 15.4. The Morgan fingerprint density at radius 1 is 1.22 bits per heavy atom. The Hall–Kier alpha value is -4.59. The molecule has 8 N–H and O–H groups in total. The number of oxime groups is 1. The number of aliphatic carboxylic acids is 2. The molecule has 3 aliphatic heterocycles. The number of β-lactam (4-membered cyclic amide) rings is 1. The van der Waals surface area contributed by atoms with Crippen molar-refractivity contribution in [3.05, 3.63) is 45.1 Å². The lowest BCUT2D eigenvalue weighted by molar-refractivity contribution is -0.913. The zero-order valence-electron chi connectivity index (χ0n) is 27.7. The van der Waals surface area contributed by atoms with E-state index in [9.17, 15) is 44.4 Å². The maximum atomic E-state index is 13.5. The number of carbonyl (C=O) groups is 5. The third-order valence-electron chi connectivity index (χ3n) is 8.82. The number of hydrogen-bond donors (Lipinski definition) is 7. The summed E-state index contributed by atoms with van der Waals surface area (Å²) in [4.78, 5) is 74.5. The Morgan fingerprint density at radius 3 is 2.51 bits per heavy atom. The van der Waals surface area contributed by atoms with Crippen molar-refractivity contribution in [1.29, 1.82) is 0 Å². The van der Waals surface area contributed by atoms with Gasteiger partial charge in [0.25, 0.3) is 17.7 Å². The average molecular weight is 767 g/mol. The second-order valence-electron chi connectivity index (χ2n) is 13.0. The van der Waals surface area contributed by atoms with Crippen molar-refractivity contribution in [3.63, 3.8) is 0 Å². The van der Waals surface area contributed by atoms with Gasteiger partial charge >= 0.3 is 11.9 Å². The first-order valence-electron chi connectivity index (χ1n) is 15.7. The quantitative estimate of drug-likeness (QED) is 0.0503. The van der Waals surface area contributed by atoms with Crippen LogP contribution in [0.5, 0.6) is 11.5 Å². The third kappa shape index (κ3) is 7.70. The number of likely N-dealkylation sites (tertiary alicyclic amines) is 1. The van der Waals surface area contributed by atoms with Crippen LogP contribution in [-0.2, 0) is 24.0 Å². The number of nitrogen functional groups attached to an aromatic ring is 1. The number of carbonyl (C=O) groups excluding carboxylic acids is 3. The fourth-order valence-corrected chi connectivity index (χ4v) is 8.42. The van der Waals surface area contributed by atoms with Crippen LogP contribution in [0.3, 0.4) is 0 Å². The molecule has 0 saturated carbocycles. The van der Waals surface area contributed by atoms with Crippen molar-refractivity contribution >= 4 is 75.2 Å². The maximum Gasteiger partial charge on any atom is 0.352 e. The minimum atomic E-state index is -1.80. The predicted molar refractivity (Wildman–Crippen MR) is 186 cm³/mol. The SMILES string of the molecule is C[C@@H](C[N+]1(CC2=C(C(=O)O)N3C(=O)[C@@H](NC(=O)/C(=N\OC(C)(C)C(=O)O)c4csc(N)n4)[C@H]3SC2)CCCC1)NC(=O)c1ccc(O)c(O)c1Cl. The number of halogens is 1. The number of phenols is 2. The Bertz CT molecular complexity index is 1840. The van der Waals surface area contributed by atoms with Crippen molar-refractivity contribution < 1.29 is 53.7 Å². The highest BCUT2D eigenvalue weighted by Crippen LogP contribution is 2.42. The highest BCUT2D eigenvalue weighted by molar-refractivity contribution is 8.00.